The quantitative estimate of drug-likeness (QED) is 0.452. The number of hydrogen-bond acceptors (Lipinski definition) is 5. The van der Waals surface area contributed by atoms with Crippen LogP contribution in [0.5, 0.6) is 0 Å². The number of anilines is 1. The lowest BCUT2D eigenvalue weighted by Crippen LogP contribution is -2.48. The molecule has 2 aromatic carbocycles. The Kier molecular flexibility index (Phi) is 8.31. The number of benzene rings is 2. The highest BCUT2D eigenvalue weighted by Gasteiger charge is 2.30. The molecule has 1 amide bonds. The molecule has 1 aromatic heterocycles. The lowest BCUT2D eigenvalue weighted by molar-refractivity contribution is -0.145. The first kappa shape index (κ1) is 25.1. The van der Waals surface area contributed by atoms with E-state index in [4.69, 9.17) is 27.9 Å². The number of carbonyl (C=O) groups excluding carboxylic acids is 2. The monoisotopic (exact) mass is 514 g/mol. The van der Waals surface area contributed by atoms with Crippen LogP contribution in [0.3, 0.4) is 0 Å². The van der Waals surface area contributed by atoms with Crippen LogP contribution >= 0.6 is 23.2 Å². The van der Waals surface area contributed by atoms with Crippen molar-refractivity contribution < 1.29 is 14.3 Å². The third-order valence-electron chi connectivity index (χ3n) is 6.24. The molecule has 7 nitrogen and oxygen atoms in total. The summed E-state index contributed by atoms with van der Waals surface area (Å²) >= 11 is 12.2. The van der Waals surface area contributed by atoms with E-state index in [2.05, 4.69) is 15.2 Å². The number of ether oxygens (including phenoxy) is 1. The van der Waals surface area contributed by atoms with Crippen molar-refractivity contribution in [1.82, 2.24) is 14.9 Å². The molecule has 9 heteroatoms. The predicted molar refractivity (Wildman–Crippen MR) is 137 cm³/mol. The number of nitrogens with zero attached hydrogens (tertiary/aromatic N) is 3. The van der Waals surface area contributed by atoms with Gasteiger partial charge in [0.15, 0.2) is 0 Å². The van der Waals surface area contributed by atoms with E-state index >= 15 is 0 Å². The van der Waals surface area contributed by atoms with Gasteiger partial charge in [0.2, 0.25) is 5.91 Å². The summed E-state index contributed by atoms with van der Waals surface area (Å²) in [6.07, 6.45) is 5.24. The minimum Gasteiger partial charge on any atom is -0.467 e. The second kappa shape index (κ2) is 11.6. The van der Waals surface area contributed by atoms with Crippen molar-refractivity contribution in [2.45, 2.75) is 31.8 Å². The van der Waals surface area contributed by atoms with Gasteiger partial charge in [0.05, 0.1) is 29.2 Å². The van der Waals surface area contributed by atoms with Crippen LogP contribution < -0.4 is 10.2 Å². The van der Waals surface area contributed by atoms with Crippen LogP contribution in [-0.4, -0.2) is 47.7 Å². The van der Waals surface area contributed by atoms with Gasteiger partial charge < -0.3 is 19.5 Å². The van der Waals surface area contributed by atoms with Gasteiger partial charge in [-0.15, -0.1) is 0 Å². The molecule has 1 atom stereocenters. The number of nitrogens with one attached hydrogen (secondary N) is 1. The Hall–Kier alpha value is -3.03. The molecule has 1 aliphatic rings. The average Bonchev–Trinajstić information content (AvgIpc) is 3.32. The Labute approximate surface area is 215 Å². The number of methoxy groups -OCH3 is 1. The summed E-state index contributed by atoms with van der Waals surface area (Å²) in [4.78, 5) is 32.0. The zero-order chi connectivity index (χ0) is 24.8. The highest BCUT2D eigenvalue weighted by Crippen LogP contribution is 2.30. The molecule has 3 aromatic rings. The van der Waals surface area contributed by atoms with Crippen LogP contribution in [0.4, 0.5) is 5.69 Å². The molecule has 35 heavy (non-hydrogen) atoms. The number of carbonyl (C=O) groups is 2. The number of aromatic nitrogens is 2. The van der Waals surface area contributed by atoms with Crippen LogP contribution in [-0.2, 0) is 27.3 Å². The van der Waals surface area contributed by atoms with E-state index in [0.29, 0.717) is 48.2 Å². The maximum absolute atomic E-state index is 13.0. The first-order valence-corrected chi connectivity index (χ1v) is 12.3. The van der Waals surface area contributed by atoms with E-state index in [0.717, 1.165) is 11.3 Å². The number of rotatable bonds is 8. The Morgan fingerprint density at radius 3 is 2.54 bits per heavy atom. The highest BCUT2D eigenvalue weighted by molar-refractivity contribution is 6.42. The third kappa shape index (κ3) is 6.55. The van der Waals surface area contributed by atoms with Crippen molar-refractivity contribution in [1.29, 1.82) is 0 Å². The first-order valence-electron chi connectivity index (χ1n) is 11.6. The molecule has 1 fully saturated rings. The summed E-state index contributed by atoms with van der Waals surface area (Å²) in [5.74, 6) is -0.807. The molecule has 0 radical (unpaired) electrons. The summed E-state index contributed by atoms with van der Waals surface area (Å²) in [5.41, 5.74) is 2.85. The van der Waals surface area contributed by atoms with Gasteiger partial charge in [-0.3, -0.25) is 4.79 Å². The molecule has 1 N–H and O–H groups in total. The van der Waals surface area contributed by atoms with Gasteiger partial charge in [0, 0.05) is 43.9 Å². The Bertz CT molecular complexity index is 1160. The normalized spacial score (nSPS) is 15.0. The molecule has 0 saturated carbocycles. The van der Waals surface area contributed by atoms with Crippen molar-refractivity contribution in [3.63, 3.8) is 0 Å². The molecule has 1 aliphatic heterocycles. The van der Waals surface area contributed by atoms with Crippen molar-refractivity contribution >= 4 is 40.8 Å². The van der Waals surface area contributed by atoms with Gasteiger partial charge in [0.1, 0.15) is 6.04 Å². The van der Waals surface area contributed by atoms with Crippen molar-refractivity contribution in [3.05, 3.63) is 82.4 Å². The first-order chi connectivity index (χ1) is 16.9. The molecule has 0 unspecified atom stereocenters. The standard InChI is InChI=1S/C26H28Cl2N4O3/c1-35-26(34)24(13-20-16-31(17-29-20)15-18-5-3-2-4-6-18)30-25(33)19-9-11-32(12-10-19)21-7-8-22(27)23(28)14-21/h2-8,14,16-17,19,24H,9-13,15H2,1H3,(H,30,33)/t24-/m0/s1. The van der Waals surface area contributed by atoms with Gasteiger partial charge in [-0.25, -0.2) is 9.78 Å². The smallest absolute Gasteiger partial charge is 0.328 e. The largest absolute Gasteiger partial charge is 0.467 e. The summed E-state index contributed by atoms with van der Waals surface area (Å²) < 4.78 is 6.91. The molecule has 4 rings (SSSR count). The molecular weight excluding hydrogens is 487 g/mol. The molecule has 1 saturated heterocycles. The summed E-state index contributed by atoms with van der Waals surface area (Å²) in [5, 5.41) is 3.92. The van der Waals surface area contributed by atoms with Gasteiger partial charge in [-0.2, -0.15) is 0 Å². The van der Waals surface area contributed by atoms with Crippen LogP contribution in [0.25, 0.3) is 0 Å². The number of esters is 1. The number of amides is 1. The van der Waals surface area contributed by atoms with Crippen molar-refractivity contribution in [2.24, 2.45) is 5.92 Å². The predicted octanol–water partition coefficient (Wildman–Crippen LogP) is 4.36. The van der Waals surface area contributed by atoms with E-state index in [1.807, 2.05) is 53.2 Å². The highest BCUT2D eigenvalue weighted by atomic mass is 35.5. The number of hydrogen-bond donors (Lipinski definition) is 1. The number of piperidine rings is 1. The van der Waals surface area contributed by atoms with Gasteiger partial charge in [-0.1, -0.05) is 53.5 Å². The minimum absolute atomic E-state index is 0.141. The molecule has 0 bridgehead atoms. The zero-order valence-corrected chi connectivity index (χ0v) is 21.0. The zero-order valence-electron chi connectivity index (χ0n) is 19.5. The van der Waals surface area contributed by atoms with E-state index in [-0.39, 0.29) is 18.2 Å². The third-order valence-corrected chi connectivity index (χ3v) is 6.98. The fraction of sp³-hybridized carbons (Fsp3) is 0.346. The fourth-order valence-corrected chi connectivity index (χ4v) is 4.60. The topological polar surface area (TPSA) is 76.5 Å². The van der Waals surface area contributed by atoms with Gasteiger partial charge in [-0.05, 0) is 36.6 Å². The molecule has 0 aliphatic carbocycles. The summed E-state index contributed by atoms with van der Waals surface area (Å²) in [6.45, 7) is 2.10. The number of imidazole rings is 1. The van der Waals surface area contributed by atoms with Crippen molar-refractivity contribution in [2.75, 3.05) is 25.1 Å². The fourth-order valence-electron chi connectivity index (χ4n) is 4.31. The second-order valence-electron chi connectivity index (χ2n) is 8.67. The van der Waals surface area contributed by atoms with Crippen LogP contribution in [0.15, 0.2) is 61.1 Å². The molecule has 2 heterocycles. The number of halogens is 2. The van der Waals surface area contributed by atoms with Crippen LogP contribution in [0, 0.1) is 5.92 Å². The SMILES string of the molecule is COC(=O)[C@H](Cc1cn(Cc2ccccc2)cn1)NC(=O)C1CCN(c2ccc(Cl)c(Cl)c2)CC1. The minimum atomic E-state index is -0.791. The maximum Gasteiger partial charge on any atom is 0.328 e. The van der Waals surface area contributed by atoms with Crippen LogP contribution in [0.2, 0.25) is 10.0 Å². The Morgan fingerprint density at radius 1 is 1.11 bits per heavy atom. The second-order valence-corrected chi connectivity index (χ2v) is 9.49. The average molecular weight is 515 g/mol. The van der Waals surface area contributed by atoms with Gasteiger partial charge in [0.25, 0.3) is 0 Å². The lowest BCUT2D eigenvalue weighted by atomic mass is 9.95. The lowest BCUT2D eigenvalue weighted by Gasteiger charge is -2.33. The summed E-state index contributed by atoms with van der Waals surface area (Å²) in [6, 6.07) is 14.8. The van der Waals surface area contributed by atoms with Crippen molar-refractivity contribution in [3.8, 4) is 0 Å². The van der Waals surface area contributed by atoms with E-state index in [9.17, 15) is 9.59 Å². The van der Waals surface area contributed by atoms with E-state index < -0.39 is 12.0 Å². The Balaban J connectivity index is 1.33. The summed E-state index contributed by atoms with van der Waals surface area (Å²) in [7, 11) is 1.32. The molecular formula is C26H28Cl2N4O3. The van der Waals surface area contributed by atoms with E-state index in [1.165, 1.54) is 7.11 Å². The Morgan fingerprint density at radius 2 is 1.86 bits per heavy atom. The van der Waals surface area contributed by atoms with E-state index in [1.54, 1.807) is 12.4 Å². The van der Waals surface area contributed by atoms with Crippen LogP contribution in [0.1, 0.15) is 24.1 Å². The molecule has 184 valence electrons. The maximum atomic E-state index is 13.0. The van der Waals surface area contributed by atoms with Gasteiger partial charge >= 0.3 is 5.97 Å². The molecule has 0 spiro atoms.